The molecule has 4 N–H and O–H groups in total. The van der Waals surface area contributed by atoms with Gasteiger partial charge in [0.25, 0.3) is 0 Å². The van der Waals surface area contributed by atoms with Gasteiger partial charge in [-0.25, -0.2) is 18.7 Å². The molecule has 0 unspecified atom stereocenters. The number of alkyl halides is 2. The first-order valence-electron chi connectivity index (χ1n) is 8.88. The average molecular weight is 469 g/mol. The van der Waals surface area contributed by atoms with E-state index in [1.807, 2.05) is 0 Å². The molecule has 1 aromatic carbocycles. The van der Waals surface area contributed by atoms with Gasteiger partial charge >= 0.3 is 6.61 Å². The average Bonchev–Trinajstić information content (AvgIpc) is 3.11. The Balaban J connectivity index is 1.92. The van der Waals surface area contributed by atoms with Gasteiger partial charge in [-0.15, -0.1) is 0 Å². The number of ketones is 1. The van der Waals surface area contributed by atoms with Crippen LogP contribution in [0.3, 0.4) is 0 Å². The molecule has 13 heteroatoms. The van der Waals surface area contributed by atoms with Crippen LogP contribution in [0.25, 0.3) is 0 Å². The maximum atomic E-state index is 13.7. The third-order valence-corrected chi connectivity index (χ3v) is 5.18. The molecule has 168 valence electrons. The number of anilines is 3. The molecule has 2 heterocycles. The molecule has 0 bridgehead atoms. The molecule has 0 saturated carbocycles. The summed E-state index contributed by atoms with van der Waals surface area (Å²) in [6, 6.07) is 5.40. The third kappa shape index (κ3) is 5.29. The number of primary amides is 1. The second-order valence-corrected chi connectivity index (χ2v) is 7.25. The van der Waals surface area contributed by atoms with Crippen LogP contribution in [0.4, 0.5) is 34.2 Å². The highest BCUT2D eigenvalue weighted by Gasteiger charge is 2.23. The van der Waals surface area contributed by atoms with Crippen molar-refractivity contribution in [1.82, 2.24) is 9.97 Å². The highest BCUT2D eigenvalue weighted by atomic mass is 32.1. The maximum absolute atomic E-state index is 13.7. The van der Waals surface area contributed by atoms with Gasteiger partial charge in [0.05, 0.1) is 0 Å². The summed E-state index contributed by atoms with van der Waals surface area (Å²) in [5, 5.41) is 0.128. The number of thiazole rings is 1. The molecule has 0 saturated heterocycles. The number of carbonyl (C=O) groups is 2. The van der Waals surface area contributed by atoms with E-state index in [9.17, 15) is 27.2 Å². The lowest BCUT2D eigenvalue weighted by Crippen LogP contribution is -2.24. The van der Waals surface area contributed by atoms with Crippen molar-refractivity contribution in [3.8, 4) is 5.88 Å². The van der Waals surface area contributed by atoms with Gasteiger partial charge in [0, 0.05) is 42.5 Å². The molecule has 2 aromatic heterocycles. The topological polar surface area (TPSA) is 124 Å². The highest BCUT2D eigenvalue weighted by molar-refractivity contribution is 7.18. The highest BCUT2D eigenvalue weighted by Crippen LogP contribution is 2.35. The molecule has 0 fully saturated rings. The first-order valence-corrected chi connectivity index (χ1v) is 9.70. The number of nitrogen functional groups attached to an aromatic ring is 1. The van der Waals surface area contributed by atoms with E-state index in [4.69, 9.17) is 11.5 Å². The SMILES string of the molecule is NC(=O)CCN(c1ccc(F)c(F)c1)c1nc(N)c(C(=O)c2ccc(OC(F)F)nc2)s1. The lowest BCUT2D eigenvalue weighted by atomic mass is 10.1. The van der Waals surface area contributed by atoms with Crippen LogP contribution in [-0.2, 0) is 4.79 Å². The van der Waals surface area contributed by atoms with Crippen LogP contribution in [0.15, 0.2) is 36.5 Å². The molecule has 0 spiro atoms. The standard InChI is InChI=1S/C19H15F4N5O3S/c20-11-3-2-10(7-12(11)21)28(6-5-13(24)29)19-27-17(25)16(32-19)15(30)9-1-4-14(26-8-9)31-18(22)23/h1-4,7-8,18H,5-6,25H2,(H2,24,29). The van der Waals surface area contributed by atoms with Crippen molar-refractivity contribution in [2.75, 3.05) is 17.2 Å². The fraction of sp³-hybridized carbons (Fsp3) is 0.158. The minimum absolute atomic E-state index is 0.00372. The molecule has 8 nitrogen and oxygen atoms in total. The quantitative estimate of drug-likeness (QED) is 0.364. The van der Waals surface area contributed by atoms with Crippen molar-refractivity contribution in [3.63, 3.8) is 0 Å². The van der Waals surface area contributed by atoms with E-state index in [-0.39, 0.29) is 45.9 Å². The van der Waals surface area contributed by atoms with Crippen LogP contribution in [0, 0.1) is 11.6 Å². The minimum atomic E-state index is -3.06. The third-order valence-electron chi connectivity index (χ3n) is 4.08. The second-order valence-electron chi connectivity index (χ2n) is 6.27. The van der Waals surface area contributed by atoms with Crippen molar-refractivity contribution >= 4 is 39.7 Å². The fourth-order valence-corrected chi connectivity index (χ4v) is 3.61. The molecule has 3 aromatic rings. The fourth-order valence-electron chi connectivity index (χ4n) is 2.62. The van der Waals surface area contributed by atoms with Gasteiger partial charge in [-0.3, -0.25) is 9.59 Å². The number of aromatic nitrogens is 2. The first kappa shape index (κ1) is 22.9. The summed E-state index contributed by atoms with van der Waals surface area (Å²) in [4.78, 5) is 33.1. The van der Waals surface area contributed by atoms with Crippen molar-refractivity contribution in [3.05, 3.63) is 58.6 Å². The van der Waals surface area contributed by atoms with E-state index in [1.54, 1.807) is 0 Å². The largest absolute Gasteiger partial charge is 0.417 e. The number of nitrogens with zero attached hydrogens (tertiary/aromatic N) is 3. The number of ether oxygens (including phenoxy) is 1. The zero-order valence-corrected chi connectivity index (χ0v) is 16.9. The summed E-state index contributed by atoms with van der Waals surface area (Å²) in [5.41, 5.74) is 11.3. The molecular weight excluding hydrogens is 454 g/mol. The molecule has 0 aliphatic rings. The van der Waals surface area contributed by atoms with Crippen molar-refractivity contribution in [2.24, 2.45) is 5.73 Å². The summed E-state index contributed by atoms with van der Waals surface area (Å²) in [7, 11) is 0. The van der Waals surface area contributed by atoms with E-state index in [0.29, 0.717) is 0 Å². The minimum Gasteiger partial charge on any atom is -0.417 e. The lowest BCUT2D eigenvalue weighted by Gasteiger charge is -2.21. The zero-order valence-electron chi connectivity index (χ0n) is 16.1. The summed E-state index contributed by atoms with van der Waals surface area (Å²) >= 11 is 0.835. The van der Waals surface area contributed by atoms with Gasteiger partial charge in [-0.05, 0) is 18.2 Å². The Labute approximate surface area is 182 Å². The Kier molecular flexibility index (Phi) is 6.88. The maximum Gasteiger partial charge on any atom is 0.388 e. The van der Waals surface area contributed by atoms with E-state index in [1.165, 1.54) is 17.0 Å². The van der Waals surface area contributed by atoms with E-state index in [2.05, 4.69) is 14.7 Å². The number of pyridine rings is 1. The Morgan fingerprint density at radius 1 is 1.16 bits per heavy atom. The summed E-state index contributed by atoms with van der Waals surface area (Å²) in [5.74, 6) is -3.95. The Morgan fingerprint density at radius 2 is 1.91 bits per heavy atom. The van der Waals surface area contributed by atoms with Gasteiger partial charge in [0.1, 0.15) is 10.7 Å². The molecule has 1 amide bonds. The van der Waals surface area contributed by atoms with Crippen molar-refractivity contribution in [1.29, 1.82) is 0 Å². The number of amides is 1. The number of halogens is 4. The normalized spacial score (nSPS) is 10.9. The van der Waals surface area contributed by atoms with E-state index >= 15 is 0 Å². The number of hydrogen-bond donors (Lipinski definition) is 2. The summed E-state index contributed by atoms with van der Waals surface area (Å²) in [6.07, 6.45) is 0.899. The molecule has 0 aliphatic heterocycles. The number of carbonyl (C=O) groups excluding carboxylic acids is 2. The number of hydrogen-bond acceptors (Lipinski definition) is 8. The Bertz CT molecular complexity index is 1140. The van der Waals surface area contributed by atoms with Crippen LogP contribution < -0.4 is 21.1 Å². The van der Waals surface area contributed by atoms with Crippen LogP contribution in [0.5, 0.6) is 5.88 Å². The predicted molar refractivity (Wildman–Crippen MR) is 108 cm³/mol. The van der Waals surface area contributed by atoms with Gasteiger partial charge < -0.3 is 21.1 Å². The summed E-state index contributed by atoms with van der Waals surface area (Å²) < 4.78 is 55.7. The molecule has 32 heavy (non-hydrogen) atoms. The van der Waals surface area contributed by atoms with Gasteiger partial charge in [0.15, 0.2) is 16.8 Å². The van der Waals surface area contributed by atoms with Crippen LogP contribution in [-0.4, -0.2) is 34.8 Å². The molecular formula is C19H15F4N5O3S. The monoisotopic (exact) mass is 469 g/mol. The molecule has 0 aliphatic carbocycles. The Morgan fingerprint density at radius 3 is 2.50 bits per heavy atom. The number of benzene rings is 1. The zero-order chi connectivity index (χ0) is 23.4. The first-order chi connectivity index (χ1) is 15.2. The van der Waals surface area contributed by atoms with Gasteiger partial charge in [-0.1, -0.05) is 11.3 Å². The second kappa shape index (κ2) is 9.60. The summed E-state index contributed by atoms with van der Waals surface area (Å²) in [6.45, 7) is -3.10. The van der Waals surface area contributed by atoms with Crippen LogP contribution >= 0.6 is 11.3 Å². The smallest absolute Gasteiger partial charge is 0.388 e. The van der Waals surface area contributed by atoms with E-state index in [0.717, 1.165) is 35.7 Å². The van der Waals surface area contributed by atoms with Gasteiger partial charge in [-0.2, -0.15) is 8.78 Å². The molecule has 3 rings (SSSR count). The van der Waals surface area contributed by atoms with Crippen molar-refractivity contribution in [2.45, 2.75) is 13.0 Å². The lowest BCUT2D eigenvalue weighted by molar-refractivity contribution is -0.117. The van der Waals surface area contributed by atoms with Crippen molar-refractivity contribution < 1.29 is 31.9 Å². The number of rotatable bonds is 9. The van der Waals surface area contributed by atoms with Crippen LogP contribution in [0.2, 0.25) is 0 Å². The molecule has 0 atom stereocenters. The van der Waals surface area contributed by atoms with Crippen LogP contribution in [0.1, 0.15) is 21.7 Å². The predicted octanol–water partition coefficient (Wildman–Crippen LogP) is 3.24. The Hall–Kier alpha value is -3.74. The van der Waals surface area contributed by atoms with E-state index < -0.39 is 29.9 Å². The molecule has 0 radical (unpaired) electrons. The number of nitrogens with two attached hydrogens (primary N) is 2. The van der Waals surface area contributed by atoms with Gasteiger partial charge in [0.2, 0.25) is 17.6 Å².